The van der Waals surface area contributed by atoms with Gasteiger partial charge in [0, 0.05) is 13.2 Å². The summed E-state index contributed by atoms with van der Waals surface area (Å²) >= 11 is 6.04. The van der Waals surface area contributed by atoms with Gasteiger partial charge in [0.25, 0.3) is 0 Å². The summed E-state index contributed by atoms with van der Waals surface area (Å²) in [5.74, 6) is -1.42. The molecule has 0 radical (unpaired) electrons. The number of rotatable bonds is 7. The van der Waals surface area contributed by atoms with Crippen molar-refractivity contribution in [1.29, 1.82) is 5.26 Å². The highest BCUT2D eigenvalue weighted by atomic mass is 35.5. The van der Waals surface area contributed by atoms with E-state index < -0.39 is 51.3 Å². The van der Waals surface area contributed by atoms with Crippen LogP contribution in [0.1, 0.15) is 25.7 Å². The Hall–Kier alpha value is -2.03. The zero-order valence-electron chi connectivity index (χ0n) is 16.4. The van der Waals surface area contributed by atoms with Gasteiger partial charge in [0.15, 0.2) is 16.4 Å². The minimum atomic E-state index is -4.55. The predicted octanol–water partition coefficient (Wildman–Crippen LogP) is 3.02. The Bertz CT molecular complexity index is 1000. The number of alkyl halides is 3. The third-order valence-electron chi connectivity index (χ3n) is 5.48. The average Bonchev–Trinajstić information content (AvgIpc) is 3.31. The third-order valence-corrected chi connectivity index (χ3v) is 8.13. The summed E-state index contributed by atoms with van der Waals surface area (Å²) in [7, 11) is -2.64. The lowest BCUT2D eigenvalue weighted by Crippen LogP contribution is -2.42. The van der Waals surface area contributed by atoms with Crippen molar-refractivity contribution < 1.29 is 35.9 Å². The van der Waals surface area contributed by atoms with E-state index in [9.17, 15) is 26.4 Å². The molecule has 2 aliphatic rings. The average molecular weight is 481 g/mol. The minimum absolute atomic E-state index is 0.0309. The van der Waals surface area contributed by atoms with Gasteiger partial charge in [-0.05, 0) is 37.8 Å². The Balaban J connectivity index is 1.75. The fourth-order valence-corrected chi connectivity index (χ4v) is 5.95. The molecule has 2 aliphatic carbocycles. The number of nitrogens with zero attached hydrogens (tertiary/aromatic N) is 1. The van der Waals surface area contributed by atoms with Crippen molar-refractivity contribution in [3.05, 3.63) is 23.2 Å². The molecule has 0 aliphatic heterocycles. The maximum atomic E-state index is 13.1. The van der Waals surface area contributed by atoms with Gasteiger partial charge in [-0.1, -0.05) is 11.6 Å². The van der Waals surface area contributed by atoms with E-state index >= 15 is 0 Å². The third kappa shape index (κ3) is 5.25. The highest BCUT2D eigenvalue weighted by molar-refractivity contribution is 7.92. The number of hydrogen-bond acceptors (Lipinski definition) is 6. The van der Waals surface area contributed by atoms with Gasteiger partial charge in [0.1, 0.15) is 11.3 Å². The second-order valence-electron chi connectivity index (χ2n) is 7.70. The van der Waals surface area contributed by atoms with Crippen LogP contribution in [0.3, 0.4) is 0 Å². The maximum absolute atomic E-state index is 13.1. The first kappa shape index (κ1) is 23.6. The Morgan fingerprint density at radius 3 is 2.55 bits per heavy atom. The number of nitrogens with one attached hydrogen (secondary N) is 1. The van der Waals surface area contributed by atoms with E-state index in [-0.39, 0.29) is 28.5 Å². The van der Waals surface area contributed by atoms with Crippen molar-refractivity contribution in [3.63, 3.8) is 0 Å². The van der Waals surface area contributed by atoms with Crippen molar-refractivity contribution in [3.8, 4) is 11.8 Å². The molecule has 0 bridgehead atoms. The number of benzene rings is 1. The number of amides is 1. The molecule has 3 rings (SSSR count). The Morgan fingerprint density at radius 2 is 2.03 bits per heavy atom. The van der Waals surface area contributed by atoms with Crippen LogP contribution < -0.4 is 10.1 Å². The number of carbonyl (C=O) groups is 1. The van der Waals surface area contributed by atoms with Crippen LogP contribution in [0.2, 0.25) is 5.02 Å². The van der Waals surface area contributed by atoms with Crippen LogP contribution in [0.25, 0.3) is 0 Å². The van der Waals surface area contributed by atoms with E-state index in [1.807, 2.05) is 6.07 Å². The molecule has 2 fully saturated rings. The molecule has 12 heteroatoms. The van der Waals surface area contributed by atoms with Gasteiger partial charge >= 0.3 is 6.18 Å². The summed E-state index contributed by atoms with van der Waals surface area (Å²) in [6.07, 6.45) is -4.12. The summed E-state index contributed by atoms with van der Waals surface area (Å²) in [4.78, 5) is 12.4. The Labute approximate surface area is 182 Å². The van der Waals surface area contributed by atoms with Crippen LogP contribution in [0.4, 0.5) is 13.2 Å². The summed E-state index contributed by atoms with van der Waals surface area (Å²) in [6, 6.07) is 5.25. The van der Waals surface area contributed by atoms with Crippen LogP contribution in [-0.2, 0) is 19.4 Å². The van der Waals surface area contributed by atoms with Gasteiger partial charge in [-0.2, -0.15) is 18.4 Å². The van der Waals surface area contributed by atoms with Crippen LogP contribution in [-0.4, -0.2) is 51.1 Å². The molecule has 1 aromatic rings. The molecule has 1 N–H and O–H groups in total. The standard InChI is InChI=1S/C19H20ClF3N2O5S/c1-29-15-8-12(7-13(15)17(26)25-18(9-24)4-5-18)31(27,28)16-3-2-11(6-14(16)20)30-10-19(21,22)23/h2-3,6,12-13,15H,4-5,7-8,10H2,1H3,(H,25,26). The Kier molecular flexibility index (Phi) is 6.47. The van der Waals surface area contributed by atoms with Gasteiger partial charge in [-0.15, -0.1) is 0 Å². The number of hydrogen-bond donors (Lipinski definition) is 1. The van der Waals surface area contributed by atoms with E-state index in [1.165, 1.54) is 7.11 Å². The van der Waals surface area contributed by atoms with Gasteiger partial charge in [0.2, 0.25) is 5.91 Å². The zero-order chi connectivity index (χ0) is 23.0. The van der Waals surface area contributed by atoms with Crippen LogP contribution in [0.5, 0.6) is 5.75 Å². The number of methoxy groups -OCH3 is 1. The Morgan fingerprint density at radius 1 is 1.35 bits per heavy atom. The molecule has 7 nitrogen and oxygen atoms in total. The van der Waals surface area contributed by atoms with Gasteiger partial charge in [-0.25, -0.2) is 8.42 Å². The van der Waals surface area contributed by atoms with E-state index in [1.54, 1.807) is 0 Å². The second-order valence-corrected chi connectivity index (χ2v) is 10.3. The van der Waals surface area contributed by atoms with Crippen LogP contribution >= 0.6 is 11.6 Å². The first-order chi connectivity index (χ1) is 14.4. The molecule has 170 valence electrons. The summed E-state index contributed by atoms with van der Waals surface area (Å²) in [6.45, 7) is -1.53. The molecule has 0 saturated heterocycles. The molecular weight excluding hydrogens is 461 g/mol. The minimum Gasteiger partial charge on any atom is -0.484 e. The molecule has 0 spiro atoms. The number of sulfone groups is 1. The lowest BCUT2D eigenvalue weighted by Gasteiger charge is -2.19. The van der Waals surface area contributed by atoms with Crippen LogP contribution in [0.15, 0.2) is 23.1 Å². The molecular formula is C19H20ClF3N2O5S. The first-order valence-corrected chi connectivity index (χ1v) is 11.3. The van der Waals surface area contributed by atoms with Crippen molar-refractivity contribution in [1.82, 2.24) is 5.32 Å². The molecule has 3 unspecified atom stereocenters. The van der Waals surface area contributed by atoms with Crippen molar-refractivity contribution in [2.45, 2.75) is 53.6 Å². The second kappa shape index (κ2) is 8.48. The first-order valence-electron chi connectivity index (χ1n) is 9.40. The van der Waals surface area contributed by atoms with E-state index in [0.29, 0.717) is 12.8 Å². The molecule has 0 aromatic heterocycles. The van der Waals surface area contributed by atoms with Crippen molar-refractivity contribution in [2.75, 3.05) is 13.7 Å². The molecule has 1 aromatic carbocycles. The van der Waals surface area contributed by atoms with Gasteiger partial charge < -0.3 is 14.8 Å². The predicted molar refractivity (Wildman–Crippen MR) is 103 cm³/mol. The van der Waals surface area contributed by atoms with Gasteiger partial charge in [0.05, 0.1) is 33.3 Å². The summed E-state index contributed by atoms with van der Waals surface area (Å²) < 4.78 is 73.1. The van der Waals surface area contributed by atoms with Crippen molar-refractivity contribution in [2.24, 2.45) is 5.92 Å². The summed E-state index contributed by atoms with van der Waals surface area (Å²) in [5.41, 5.74) is -0.887. The quantitative estimate of drug-likeness (QED) is 0.643. The highest BCUT2D eigenvalue weighted by Crippen LogP contribution is 2.40. The number of nitriles is 1. The summed E-state index contributed by atoms with van der Waals surface area (Å²) in [5, 5.41) is 10.6. The molecule has 31 heavy (non-hydrogen) atoms. The van der Waals surface area contributed by atoms with Gasteiger partial charge in [-0.3, -0.25) is 4.79 Å². The lowest BCUT2D eigenvalue weighted by atomic mass is 10.0. The van der Waals surface area contributed by atoms with E-state index in [2.05, 4.69) is 10.1 Å². The SMILES string of the molecule is COC1CC(S(=O)(=O)c2ccc(OCC(F)(F)F)cc2Cl)CC1C(=O)NC1(C#N)CC1. The number of ether oxygens (including phenoxy) is 2. The maximum Gasteiger partial charge on any atom is 0.422 e. The fraction of sp³-hybridized carbons (Fsp3) is 0.579. The molecule has 0 heterocycles. The fourth-order valence-electron chi connectivity index (χ4n) is 3.61. The van der Waals surface area contributed by atoms with Crippen molar-refractivity contribution >= 4 is 27.3 Å². The van der Waals surface area contributed by atoms with E-state index in [0.717, 1.165) is 18.2 Å². The topological polar surface area (TPSA) is 105 Å². The van der Waals surface area contributed by atoms with E-state index in [4.69, 9.17) is 21.6 Å². The molecule has 3 atom stereocenters. The molecule has 1 amide bonds. The normalized spacial score (nSPS) is 25.0. The smallest absolute Gasteiger partial charge is 0.422 e. The van der Waals surface area contributed by atoms with Crippen LogP contribution in [0, 0.1) is 17.2 Å². The lowest BCUT2D eigenvalue weighted by molar-refractivity contribution is -0.153. The molecule has 2 saturated carbocycles. The highest BCUT2D eigenvalue weighted by Gasteiger charge is 2.50. The monoisotopic (exact) mass is 480 g/mol. The number of carbonyl (C=O) groups excluding carboxylic acids is 1. The zero-order valence-corrected chi connectivity index (χ0v) is 18.0. The number of halogens is 4. The largest absolute Gasteiger partial charge is 0.484 e.